The van der Waals surface area contributed by atoms with Crippen LogP contribution in [0, 0.1) is 5.92 Å². The Morgan fingerprint density at radius 1 is 1.18 bits per heavy atom. The molecule has 0 saturated carbocycles. The molecule has 0 spiro atoms. The van der Waals surface area contributed by atoms with Crippen molar-refractivity contribution in [3.05, 3.63) is 36.0 Å². The van der Waals surface area contributed by atoms with E-state index in [0.717, 1.165) is 0 Å². The van der Waals surface area contributed by atoms with Crippen molar-refractivity contribution in [3.8, 4) is 0 Å². The molecular weight excluding hydrogens is 292 g/mol. The molecule has 3 heteroatoms. The van der Waals surface area contributed by atoms with Crippen molar-refractivity contribution in [2.75, 3.05) is 0 Å². The summed E-state index contributed by atoms with van der Waals surface area (Å²) in [4.78, 5) is 8.34. The Hall–Kier alpha value is -1.15. The lowest BCUT2D eigenvalue weighted by atomic mass is 9.92. The van der Waals surface area contributed by atoms with Gasteiger partial charge in [-0.2, -0.15) is 0 Å². The molecule has 0 aromatic rings. The lowest BCUT2D eigenvalue weighted by molar-refractivity contribution is 0.515. The summed E-state index contributed by atoms with van der Waals surface area (Å²) in [5.41, 5.74) is 1.45. The van der Waals surface area contributed by atoms with E-state index >= 15 is 0 Å². The SMILES string of the molecule is C/C=C\C(/C=C/C=C(\C)C(CC)CCCC)N=CN=C(C)Cl. The molecule has 2 unspecified atom stereocenters. The fraction of sp³-hybridized carbons (Fsp3) is 0.579. The van der Waals surface area contributed by atoms with E-state index in [9.17, 15) is 0 Å². The maximum Gasteiger partial charge on any atom is 0.112 e. The second kappa shape index (κ2) is 13.5. The number of hydrogen-bond acceptors (Lipinski definition) is 1. The minimum Gasteiger partial charge on any atom is -0.262 e. The fourth-order valence-corrected chi connectivity index (χ4v) is 2.26. The van der Waals surface area contributed by atoms with Gasteiger partial charge < -0.3 is 0 Å². The van der Waals surface area contributed by atoms with E-state index in [0.29, 0.717) is 11.1 Å². The number of aliphatic imine (C=N–C) groups is 2. The van der Waals surface area contributed by atoms with E-state index in [-0.39, 0.29) is 6.04 Å². The summed E-state index contributed by atoms with van der Waals surface area (Å²) >= 11 is 5.69. The Labute approximate surface area is 141 Å². The second-order valence-electron chi connectivity index (χ2n) is 5.45. The molecule has 0 aliphatic heterocycles. The molecule has 124 valence electrons. The topological polar surface area (TPSA) is 24.7 Å². The van der Waals surface area contributed by atoms with Crippen LogP contribution in [0.3, 0.4) is 0 Å². The first-order chi connectivity index (χ1) is 10.5. The van der Waals surface area contributed by atoms with Crippen LogP contribution in [0.4, 0.5) is 0 Å². The van der Waals surface area contributed by atoms with Crippen molar-refractivity contribution in [2.24, 2.45) is 15.9 Å². The molecule has 0 heterocycles. The molecule has 0 rings (SSSR count). The Morgan fingerprint density at radius 3 is 2.45 bits per heavy atom. The minimum atomic E-state index is 0.00420. The van der Waals surface area contributed by atoms with Crippen LogP contribution in [-0.2, 0) is 0 Å². The van der Waals surface area contributed by atoms with Crippen LogP contribution in [0.25, 0.3) is 0 Å². The highest BCUT2D eigenvalue weighted by Crippen LogP contribution is 2.21. The van der Waals surface area contributed by atoms with Crippen molar-refractivity contribution in [3.63, 3.8) is 0 Å². The monoisotopic (exact) mass is 322 g/mol. The summed E-state index contributed by atoms with van der Waals surface area (Å²) in [6.45, 7) is 10.5. The molecular formula is C19H31ClN2. The Balaban J connectivity index is 4.76. The number of nitrogens with zero attached hydrogens (tertiary/aromatic N) is 2. The van der Waals surface area contributed by atoms with Crippen LogP contribution in [0.5, 0.6) is 0 Å². The number of unbranched alkanes of at least 4 members (excludes halogenated alkanes) is 1. The predicted octanol–water partition coefficient (Wildman–Crippen LogP) is 6.34. The van der Waals surface area contributed by atoms with Crippen molar-refractivity contribution in [1.82, 2.24) is 0 Å². The Bertz CT molecular complexity index is 427. The fourth-order valence-electron chi connectivity index (χ4n) is 2.21. The summed E-state index contributed by atoms with van der Waals surface area (Å²) in [5, 5.41) is 0.490. The van der Waals surface area contributed by atoms with Gasteiger partial charge in [0.2, 0.25) is 0 Å². The molecule has 0 aliphatic rings. The van der Waals surface area contributed by atoms with Gasteiger partial charge in [-0.15, -0.1) is 0 Å². The van der Waals surface area contributed by atoms with Gasteiger partial charge in [0, 0.05) is 0 Å². The molecule has 0 aromatic heterocycles. The average Bonchev–Trinajstić information content (AvgIpc) is 2.47. The zero-order valence-electron chi connectivity index (χ0n) is 14.7. The third-order valence-electron chi connectivity index (χ3n) is 3.57. The van der Waals surface area contributed by atoms with Gasteiger partial charge in [0.05, 0.1) is 6.04 Å². The Kier molecular flexibility index (Phi) is 12.8. The van der Waals surface area contributed by atoms with Gasteiger partial charge in [0.1, 0.15) is 11.5 Å². The van der Waals surface area contributed by atoms with Gasteiger partial charge in [-0.1, -0.05) is 74.2 Å². The van der Waals surface area contributed by atoms with Crippen molar-refractivity contribution in [2.45, 2.75) is 66.3 Å². The first-order valence-corrected chi connectivity index (χ1v) is 8.62. The molecule has 0 amide bonds. The minimum absolute atomic E-state index is 0.00420. The number of rotatable bonds is 10. The maximum absolute atomic E-state index is 5.69. The predicted molar refractivity (Wildman–Crippen MR) is 102 cm³/mol. The van der Waals surface area contributed by atoms with Gasteiger partial charge in [-0.25, -0.2) is 4.99 Å². The van der Waals surface area contributed by atoms with Gasteiger partial charge in [0.15, 0.2) is 0 Å². The van der Waals surface area contributed by atoms with Crippen LogP contribution < -0.4 is 0 Å². The van der Waals surface area contributed by atoms with E-state index in [1.54, 1.807) is 6.92 Å². The number of allylic oxidation sites excluding steroid dienone is 4. The van der Waals surface area contributed by atoms with E-state index in [2.05, 4.69) is 49.0 Å². The van der Waals surface area contributed by atoms with Gasteiger partial charge >= 0.3 is 0 Å². The van der Waals surface area contributed by atoms with Crippen LogP contribution >= 0.6 is 11.6 Å². The average molecular weight is 323 g/mol. The van der Waals surface area contributed by atoms with Crippen LogP contribution in [0.2, 0.25) is 0 Å². The van der Waals surface area contributed by atoms with E-state index in [4.69, 9.17) is 11.6 Å². The second-order valence-corrected chi connectivity index (χ2v) is 6.00. The first-order valence-electron chi connectivity index (χ1n) is 8.24. The quantitative estimate of drug-likeness (QED) is 0.194. The van der Waals surface area contributed by atoms with E-state index < -0.39 is 0 Å². The summed E-state index contributed by atoms with van der Waals surface area (Å²) in [6, 6.07) is 0.00420. The molecule has 0 aliphatic carbocycles. The maximum atomic E-state index is 5.69. The molecule has 0 bridgehead atoms. The third kappa shape index (κ3) is 10.6. The highest BCUT2D eigenvalue weighted by Gasteiger charge is 2.06. The molecule has 0 fully saturated rings. The first kappa shape index (κ1) is 20.9. The van der Waals surface area contributed by atoms with Crippen LogP contribution in [0.1, 0.15) is 60.3 Å². The van der Waals surface area contributed by atoms with Crippen molar-refractivity contribution in [1.29, 1.82) is 0 Å². The summed E-state index contributed by atoms with van der Waals surface area (Å²) in [7, 11) is 0. The summed E-state index contributed by atoms with van der Waals surface area (Å²) in [5.74, 6) is 0.691. The smallest absolute Gasteiger partial charge is 0.112 e. The lowest BCUT2D eigenvalue weighted by Gasteiger charge is -2.14. The van der Waals surface area contributed by atoms with Gasteiger partial charge in [-0.3, -0.25) is 4.99 Å². The third-order valence-corrected chi connectivity index (χ3v) is 3.67. The normalized spacial score (nSPS) is 17.0. The van der Waals surface area contributed by atoms with Crippen LogP contribution in [-0.4, -0.2) is 17.6 Å². The lowest BCUT2D eigenvalue weighted by Crippen LogP contribution is -2.00. The zero-order valence-corrected chi connectivity index (χ0v) is 15.5. The molecule has 0 saturated heterocycles. The van der Waals surface area contributed by atoms with Crippen molar-refractivity contribution >= 4 is 23.1 Å². The summed E-state index contributed by atoms with van der Waals surface area (Å²) < 4.78 is 0. The number of hydrogen-bond donors (Lipinski definition) is 0. The molecule has 22 heavy (non-hydrogen) atoms. The highest BCUT2D eigenvalue weighted by molar-refractivity contribution is 6.65. The molecule has 0 N–H and O–H groups in total. The van der Waals surface area contributed by atoms with E-state index in [1.807, 2.05) is 19.1 Å². The van der Waals surface area contributed by atoms with Gasteiger partial charge in [0.25, 0.3) is 0 Å². The largest absolute Gasteiger partial charge is 0.262 e. The molecule has 0 aromatic carbocycles. The summed E-state index contributed by atoms with van der Waals surface area (Å²) in [6.07, 6.45) is 17.0. The molecule has 2 nitrogen and oxygen atoms in total. The molecule has 2 atom stereocenters. The van der Waals surface area contributed by atoms with Crippen LogP contribution in [0.15, 0.2) is 45.9 Å². The van der Waals surface area contributed by atoms with Gasteiger partial charge in [-0.05, 0) is 39.5 Å². The van der Waals surface area contributed by atoms with E-state index in [1.165, 1.54) is 37.6 Å². The standard InChI is InChI=1S/C19H31ClN2/c1-6-9-13-18(8-3)16(4)12-10-14-19(11-7-2)22-15-21-17(5)20/h7,10-12,14-15,18-19H,6,8-9,13H2,1-5H3/b11-7-,14-10+,16-12+,21-17?,22-15?. The zero-order chi connectivity index (χ0) is 16.8. The Morgan fingerprint density at radius 2 is 1.91 bits per heavy atom. The van der Waals surface area contributed by atoms with Crippen molar-refractivity contribution < 1.29 is 0 Å². The highest BCUT2D eigenvalue weighted by atomic mass is 35.5. The molecule has 0 radical (unpaired) electrons. The number of halogens is 1.